The highest BCUT2D eigenvalue weighted by Gasteiger charge is 2.16. The van der Waals surface area contributed by atoms with Gasteiger partial charge in [0.1, 0.15) is 0 Å². The molecule has 2 rings (SSSR count). The standard InChI is InChI=1S/C13H24N4/c1-15-6-3-13(11-15)12-17-9-7-16(8-10-17)5-2-4-14/h3,6,11H,2,4-5,7-10,12,14H2,1H3. The van der Waals surface area contributed by atoms with Crippen LogP contribution >= 0.6 is 0 Å². The Hall–Kier alpha value is -0.840. The van der Waals surface area contributed by atoms with Crippen molar-refractivity contribution >= 4 is 0 Å². The SMILES string of the molecule is Cn1ccc(CN2CCN(CCCN)CC2)c1. The van der Waals surface area contributed by atoms with E-state index < -0.39 is 0 Å². The summed E-state index contributed by atoms with van der Waals surface area (Å²) in [7, 11) is 2.08. The van der Waals surface area contributed by atoms with E-state index in [-0.39, 0.29) is 0 Å². The molecule has 1 saturated heterocycles. The van der Waals surface area contributed by atoms with Crippen molar-refractivity contribution in [3.8, 4) is 0 Å². The molecule has 0 saturated carbocycles. The number of piperazine rings is 1. The summed E-state index contributed by atoms with van der Waals surface area (Å²) in [6.07, 6.45) is 5.45. The van der Waals surface area contributed by atoms with E-state index in [0.717, 1.165) is 26.1 Å². The van der Waals surface area contributed by atoms with Gasteiger partial charge >= 0.3 is 0 Å². The maximum atomic E-state index is 5.54. The Labute approximate surface area is 104 Å². The molecule has 0 aromatic carbocycles. The molecular formula is C13H24N4. The van der Waals surface area contributed by atoms with Crippen LogP contribution in [0.1, 0.15) is 12.0 Å². The van der Waals surface area contributed by atoms with Gasteiger partial charge in [-0.15, -0.1) is 0 Å². The third-order valence-corrected chi connectivity index (χ3v) is 3.44. The van der Waals surface area contributed by atoms with E-state index >= 15 is 0 Å². The first-order chi connectivity index (χ1) is 8.28. The Balaban J connectivity index is 1.72. The average molecular weight is 236 g/mol. The van der Waals surface area contributed by atoms with E-state index in [1.165, 1.54) is 31.7 Å². The van der Waals surface area contributed by atoms with Crippen molar-refractivity contribution in [1.29, 1.82) is 0 Å². The monoisotopic (exact) mass is 236 g/mol. The molecule has 0 radical (unpaired) electrons. The van der Waals surface area contributed by atoms with Crippen molar-refractivity contribution in [1.82, 2.24) is 14.4 Å². The first-order valence-electron chi connectivity index (χ1n) is 6.53. The third kappa shape index (κ3) is 3.84. The average Bonchev–Trinajstić information content (AvgIpc) is 2.74. The molecule has 17 heavy (non-hydrogen) atoms. The largest absolute Gasteiger partial charge is 0.357 e. The van der Waals surface area contributed by atoms with Crippen LogP contribution in [0.15, 0.2) is 18.5 Å². The van der Waals surface area contributed by atoms with Gasteiger partial charge in [-0.25, -0.2) is 0 Å². The number of hydrogen-bond acceptors (Lipinski definition) is 3. The second kappa shape index (κ2) is 6.19. The van der Waals surface area contributed by atoms with Gasteiger partial charge in [0.25, 0.3) is 0 Å². The lowest BCUT2D eigenvalue weighted by molar-refractivity contribution is 0.127. The van der Waals surface area contributed by atoms with Crippen molar-refractivity contribution in [2.24, 2.45) is 12.8 Å². The Kier molecular flexibility index (Phi) is 4.59. The van der Waals surface area contributed by atoms with Gasteiger partial charge in [0.15, 0.2) is 0 Å². The fourth-order valence-corrected chi connectivity index (χ4v) is 2.40. The quantitative estimate of drug-likeness (QED) is 0.808. The Bertz CT molecular complexity index is 326. The van der Waals surface area contributed by atoms with Crippen LogP contribution in [0.4, 0.5) is 0 Å². The highest BCUT2D eigenvalue weighted by molar-refractivity contribution is 5.09. The van der Waals surface area contributed by atoms with E-state index in [2.05, 4.69) is 39.9 Å². The van der Waals surface area contributed by atoms with Gasteiger partial charge in [0, 0.05) is 52.2 Å². The minimum Gasteiger partial charge on any atom is -0.357 e. The van der Waals surface area contributed by atoms with Gasteiger partial charge in [-0.3, -0.25) is 4.90 Å². The number of nitrogens with two attached hydrogens (primary N) is 1. The molecule has 1 fully saturated rings. The molecule has 1 aromatic heterocycles. The number of rotatable bonds is 5. The van der Waals surface area contributed by atoms with Crippen LogP contribution < -0.4 is 5.73 Å². The first-order valence-corrected chi connectivity index (χ1v) is 6.53. The summed E-state index contributed by atoms with van der Waals surface area (Å²) in [5.74, 6) is 0. The molecule has 1 aromatic rings. The van der Waals surface area contributed by atoms with Gasteiger partial charge in [-0.05, 0) is 31.1 Å². The molecule has 0 bridgehead atoms. The van der Waals surface area contributed by atoms with Crippen molar-refractivity contribution < 1.29 is 0 Å². The molecule has 4 nitrogen and oxygen atoms in total. The third-order valence-electron chi connectivity index (χ3n) is 3.44. The maximum Gasteiger partial charge on any atom is 0.0249 e. The molecule has 0 unspecified atom stereocenters. The van der Waals surface area contributed by atoms with Crippen molar-refractivity contribution in [2.45, 2.75) is 13.0 Å². The molecule has 0 aliphatic carbocycles. The molecule has 2 N–H and O–H groups in total. The summed E-state index contributed by atoms with van der Waals surface area (Å²) >= 11 is 0. The highest BCUT2D eigenvalue weighted by Crippen LogP contribution is 2.08. The zero-order chi connectivity index (χ0) is 12.1. The fourth-order valence-electron chi connectivity index (χ4n) is 2.40. The van der Waals surface area contributed by atoms with Crippen LogP contribution in [-0.4, -0.2) is 53.6 Å². The number of aryl methyl sites for hydroxylation is 1. The lowest BCUT2D eigenvalue weighted by Crippen LogP contribution is -2.46. The van der Waals surface area contributed by atoms with Gasteiger partial charge in [-0.2, -0.15) is 0 Å². The van der Waals surface area contributed by atoms with E-state index in [9.17, 15) is 0 Å². The van der Waals surface area contributed by atoms with Crippen molar-refractivity contribution in [3.05, 3.63) is 24.0 Å². The topological polar surface area (TPSA) is 37.4 Å². The van der Waals surface area contributed by atoms with Gasteiger partial charge in [0.2, 0.25) is 0 Å². The Morgan fingerprint density at radius 1 is 1.18 bits per heavy atom. The molecule has 2 heterocycles. The summed E-state index contributed by atoms with van der Waals surface area (Å²) in [5.41, 5.74) is 6.96. The smallest absolute Gasteiger partial charge is 0.0249 e. The summed E-state index contributed by atoms with van der Waals surface area (Å²) in [4.78, 5) is 5.06. The lowest BCUT2D eigenvalue weighted by Gasteiger charge is -2.34. The second-order valence-electron chi connectivity index (χ2n) is 4.95. The van der Waals surface area contributed by atoms with E-state index in [1.54, 1.807) is 0 Å². The molecule has 4 heteroatoms. The van der Waals surface area contributed by atoms with Crippen LogP contribution in [0.25, 0.3) is 0 Å². The summed E-state index contributed by atoms with van der Waals surface area (Å²) in [6.45, 7) is 7.80. The highest BCUT2D eigenvalue weighted by atomic mass is 15.3. The summed E-state index contributed by atoms with van der Waals surface area (Å²) in [5, 5.41) is 0. The van der Waals surface area contributed by atoms with E-state index in [1.807, 2.05) is 0 Å². The zero-order valence-corrected chi connectivity index (χ0v) is 10.8. The van der Waals surface area contributed by atoms with Crippen LogP contribution in [0.5, 0.6) is 0 Å². The van der Waals surface area contributed by atoms with Crippen molar-refractivity contribution in [2.75, 3.05) is 39.3 Å². The zero-order valence-electron chi connectivity index (χ0n) is 10.8. The maximum absolute atomic E-state index is 5.54. The summed E-state index contributed by atoms with van der Waals surface area (Å²) in [6, 6.07) is 2.21. The number of nitrogens with zero attached hydrogens (tertiary/aromatic N) is 3. The molecule has 0 amide bonds. The Morgan fingerprint density at radius 3 is 2.47 bits per heavy atom. The first kappa shape index (κ1) is 12.6. The van der Waals surface area contributed by atoms with Gasteiger partial charge in [-0.1, -0.05) is 0 Å². The van der Waals surface area contributed by atoms with Crippen LogP contribution in [0.2, 0.25) is 0 Å². The lowest BCUT2D eigenvalue weighted by atomic mass is 10.2. The van der Waals surface area contributed by atoms with Crippen molar-refractivity contribution in [3.63, 3.8) is 0 Å². The Morgan fingerprint density at radius 2 is 1.88 bits per heavy atom. The van der Waals surface area contributed by atoms with Crippen LogP contribution in [0.3, 0.4) is 0 Å². The fraction of sp³-hybridized carbons (Fsp3) is 0.692. The molecule has 1 aliphatic heterocycles. The molecule has 0 spiro atoms. The van der Waals surface area contributed by atoms with E-state index in [0.29, 0.717) is 0 Å². The normalized spacial score (nSPS) is 18.7. The number of hydrogen-bond donors (Lipinski definition) is 1. The van der Waals surface area contributed by atoms with Crippen LogP contribution in [0, 0.1) is 0 Å². The van der Waals surface area contributed by atoms with Gasteiger partial charge in [0.05, 0.1) is 0 Å². The summed E-state index contributed by atoms with van der Waals surface area (Å²) < 4.78 is 2.12. The molecular weight excluding hydrogens is 212 g/mol. The minimum absolute atomic E-state index is 0.810. The van der Waals surface area contributed by atoms with Crippen LogP contribution in [-0.2, 0) is 13.6 Å². The predicted molar refractivity (Wildman–Crippen MR) is 70.8 cm³/mol. The molecule has 0 atom stereocenters. The predicted octanol–water partition coefficient (Wildman–Crippen LogP) is 0.492. The van der Waals surface area contributed by atoms with E-state index in [4.69, 9.17) is 5.73 Å². The second-order valence-corrected chi connectivity index (χ2v) is 4.95. The molecule has 1 aliphatic rings. The minimum atomic E-state index is 0.810. The molecule has 96 valence electrons. The van der Waals surface area contributed by atoms with Gasteiger partial charge < -0.3 is 15.2 Å². The number of aromatic nitrogens is 1.